The average molecular weight is 260 g/mol. The number of likely N-dealkylation sites (N-methyl/N-ethyl adjacent to an activating group) is 1. The van der Waals surface area contributed by atoms with Gasteiger partial charge in [0.25, 0.3) is 0 Å². The molecule has 0 aromatic rings. The molecule has 0 spiro atoms. The molecular weight excluding hydrogens is 240 g/mol. The highest BCUT2D eigenvalue weighted by molar-refractivity contribution is 8.00. The molecule has 0 heterocycles. The van der Waals surface area contributed by atoms with Gasteiger partial charge in [-0.15, -0.1) is 0 Å². The van der Waals surface area contributed by atoms with Gasteiger partial charge in [-0.1, -0.05) is 6.92 Å². The predicted octanol–water partition coefficient (Wildman–Crippen LogP) is 1.39. The smallest absolute Gasteiger partial charge is 0.326 e. The van der Waals surface area contributed by atoms with Gasteiger partial charge in [-0.05, 0) is 25.5 Å². The summed E-state index contributed by atoms with van der Waals surface area (Å²) in [6.07, 6.45) is 4.69. The molecule has 98 valence electrons. The van der Waals surface area contributed by atoms with Crippen molar-refractivity contribution in [2.75, 3.05) is 19.8 Å². The standard InChI is InChI=1S/C11H20N2O3S/c1-4-8(9(14)15)13(2)10(16)12-7-11(17-3)5-6-11/h8H,4-7H2,1-3H3,(H,12,16)(H,14,15). The van der Waals surface area contributed by atoms with Crippen LogP contribution in [0.4, 0.5) is 4.79 Å². The third-order valence-corrected chi connectivity index (χ3v) is 4.68. The van der Waals surface area contributed by atoms with Crippen molar-refractivity contribution in [1.29, 1.82) is 0 Å². The molecular formula is C11H20N2O3S. The lowest BCUT2D eigenvalue weighted by Gasteiger charge is -2.25. The fraction of sp³-hybridized carbons (Fsp3) is 0.818. The third-order valence-electron chi connectivity index (χ3n) is 3.26. The van der Waals surface area contributed by atoms with Gasteiger partial charge in [0, 0.05) is 18.3 Å². The molecule has 1 fully saturated rings. The molecule has 0 bridgehead atoms. The van der Waals surface area contributed by atoms with E-state index in [1.165, 1.54) is 11.9 Å². The number of nitrogens with one attached hydrogen (secondary N) is 1. The topological polar surface area (TPSA) is 69.6 Å². The SMILES string of the molecule is CCC(C(=O)O)N(C)C(=O)NCC1(SC)CC1. The van der Waals surface area contributed by atoms with Gasteiger partial charge in [0.1, 0.15) is 6.04 Å². The first-order chi connectivity index (χ1) is 7.95. The number of hydrogen-bond acceptors (Lipinski definition) is 3. The number of amides is 2. The second-order valence-electron chi connectivity index (χ2n) is 4.42. The summed E-state index contributed by atoms with van der Waals surface area (Å²) in [5.41, 5.74) is 0. The fourth-order valence-electron chi connectivity index (χ4n) is 1.71. The Morgan fingerprint density at radius 2 is 2.12 bits per heavy atom. The summed E-state index contributed by atoms with van der Waals surface area (Å²) in [6.45, 7) is 2.38. The number of carboxylic acid groups (broad SMARTS) is 1. The molecule has 0 aliphatic heterocycles. The molecule has 1 atom stereocenters. The average Bonchev–Trinajstić information content (AvgIpc) is 3.07. The highest BCUT2D eigenvalue weighted by atomic mass is 32.2. The van der Waals surface area contributed by atoms with Gasteiger partial charge < -0.3 is 15.3 Å². The van der Waals surface area contributed by atoms with E-state index in [9.17, 15) is 9.59 Å². The molecule has 5 nitrogen and oxygen atoms in total. The van der Waals surface area contributed by atoms with Crippen molar-refractivity contribution >= 4 is 23.8 Å². The highest BCUT2D eigenvalue weighted by Gasteiger charge is 2.42. The third kappa shape index (κ3) is 3.52. The van der Waals surface area contributed by atoms with Crippen molar-refractivity contribution in [3.05, 3.63) is 0 Å². The second-order valence-corrected chi connectivity index (χ2v) is 5.69. The molecule has 0 saturated heterocycles. The van der Waals surface area contributed by atoms with Crippen molar-refractivity contribution in [3.63, 3.8) is 0 Å². The van der Waals surface area contributed by atoms with E-state index in [0.29, 0.717) is 13.0 Å². The monoisotopic (exact) mass is 260 g/mol. The maximum atomic E-state index is 11.8. The van der Waals surface area contributed by atoms with Crippen molar-refractivity contribution < 1.29 is 14.7 Å². The van der Waals surface area contributed by atoms with E-state index in [2.05, 4.69) is 5.32 Å². The quantitative estimate of drug-likeness (QED) is 0.757. The molecule has 1 aliphatic rings. The molecule has 1 unspecified atom stereocenters. The Kier molecular flexibility index (Phi) is 4.68. The molecule has 2 N–H and O–H groups in total. The van der Waals surface area contributed by atoms with Crippen LogP contribution in [-0.2, 0) is 4.79 Å². The summed E-state index contributed by atoms with van der Waals surface area (Å²) in [6, 6.07) is -1.06. The second kappa shape index (κ2) is 5.62. The number of hydrogen-bond donors (Lipinski definition) is 2. The lowest BCUT2D eigenvalue weighted by atomic mass is 10.2. The number of thioether (sulfide) groups is 1. The number of urea groups is 1. The molecule has 1 saturated carbocycles. The van der Waals surface area contributed by atoms with Crippen LogP contribution in [0, 0.1) is 0 Å². The van der Waals surface area contributed by atoms with Crippen LogP contribution >= 0.6 is 11.8 Å². The van der Waals surface area contributed by atoms with E-state index in [-0.39, 0.29) is 10.8 Å². The minimum atomic E-state index is -0.962. The molecule has 0 aromatic carbocycles. The summed E-state index contributed by atoms with van der Waals surface area (Å²) in [4.78, 5) is 24.0. The normalized spacial score (nSPS) is 18.3. The summed E-state index contributed by atoms with van der Waals surface area (Å²) < 4.78 is 0.196. The summed E-state index contributed by atoms with van der Waals surface area (Å²) >= 11 is 1.76. The van der Waals surface area contributed by atoms with Crippen LogP contribution in [0.15, 0.2) is 0 Å². The Bertz CT molecular complexity index is 305. The van der Waals surface area contributed by atoms with Gasteiger partial charge in [-0.25, -0.2) is 9.59 Å². The van der Waals surface area contributed by atoms with Crippen molar-refractivity contribution in [2.24, 2.45) is 0 Å². The Morgan fingerprint density at radius 1 is 1.53 bits per heavy atom. The molecule has 17 heavy (non-hydrogen) atoms. The van der Waals surface area contributed by atoms with Gasteiger partial charge in [-0.3, -0.25) is 0 Å². The predicted molar refractivity (Wildman–Crippen MR) is 68.4 cm³/mol. The van der Waals surface area contributed by atoms with Crippen LogP contribution in [0.2, 0.25) is 0 Å². The van der Waals surface area contributed by atoms with Crippen LogP contribution in [0.3, 0.4) is 0 Å². The number of rotatable bonds is 6. The van der Waals surface area contributed by atoms with Crippen molar-refractivity contribution in [3.8, 4) is 0 Å². The zero-order valence-electron chi connectivity index (χ0n) is 10.5. The Morgan fingerprint density at radius 3 is 2.47 bits per heavy atom. The summed E-state index contributed by atoms with van der Waals surface area (Å²) in [5, 5.41) is 11.8. The van der Waals surface area contributed by atoms with Gasteiger partial charge >= 0.3 is 12.0 Å². The van der Waals surface area contributed by atoms with Crippen LogP contribution in [0.5, 0.6) is 0 Å². The first-order valence-corrected chi connectivity index (χ1v) is 6.97. The van der Waals surface area contributed by atoms with Crippen LogP contribution < -0.4 is 5.32 Å². The lowest BCUT2D eigenvalue weighted by Crippen LogP contribution is -2.48. The number of nitrogens with zero attached hydrogens (tertiary/aromatic N) is 1. The van der Waals surface area contributed by atoms with E-state index in [1.54, 1.807) is 18.7 Å². The maximum Gasteiger partial charge on any atom is 0.326 e. The van der Waals surface area contributed by atoms with Gasteiger partial charge in [0.15, 0.2) is 0 Å². The molecule has 2 amide bonds. The van der Waals surface area contributed by atoms with Crippen molar-refractivity contribution in [2.45, 2.75) is 37.0 Å². The van der Waals surface area contributed by atoms with Gasteiger partial charge in [-0.2, -0.15) is 11.8 Å². The number of carboxylic acids is 1. The Balaban J connectivity index is 2.43. The highest BCUT2D eigenvalue weighted by Crippen LogP contribution is 2.46. The molecule has 1 aliphatic carbocycles. The minimum Gasteiger partial charge on any atom is -0.480 e. The summed E-state index contributed by atoms with van der Waals surface area (Å²) in [5.74, 6) is -0.962. The molecule has 0 aromatic heterocycles. The van der Waals surface area contributed by atoms with E-state index >= 15 is 0 Å². The molecule has 1 rings (SSSR count). The van der Waals surface area contributed by atoms with E-state index < -0.39 is 12.0 Å². The van der Waals surface area contributed by atoms with Gasteiger partial charge in [0.2, 0.25) is 0 Å². The first-order valence-electron chi connectivity index (χ1n) is 5.74. The van der Waals surface area contributed by atoms with Crippen LogP contribution in [0.25, 0.3) is 0 Å². The van der Waals surface area contributed by atoms with Crippen molar-refractivity contribution in [1.82, 2.24) is 10.2 Å². The number of carbonyl (C=O) groups is 2. The minimum absolute atomic E-state index is 0.196. The largest absolute Gasteiger partial charge is 0.480 e. The van der Waals surface area contributed by atoms with Crippen LogP contribution in [-0.4, -0.2) is 52.6 Å². The lowest BCUT2D eigenvalue weighted by molar-refractivity contribution is -0.141. The number of carbonyl (C=O) groups excluding carboxylic acids is 1. The maximum absolute atomic E-state index is 11.8. The first kappa shape index (κ1) is 14.2. The fourth-order valence-corrected chi connectivity index (χ4v) is 2.44. The zero-order valence-corrected chi connectivity index (χ0v) is 11.3. The van der Waals surface area contributed by atoms with E-state index in [0.717, 1.165) is 12.8 Å². The molecule has 0 radical (unpaired) electrons. The van der Waals surface area contributed by atoms with E-state index in [4.69, 9.17) is 5.11 Å². The Hall–Kier alpha value is -0.910. The van der Waals surface area contributed by atoms with Gasteiger partial charge in [0.05, 0.1) is 0 Å². The number of aliphatic carboxylic acids is 1. The molecule has 6 heteroatoms. The summed E-state index contributed by atoms with van der Waals surface area (Å²) in [7, 11) is 1.52. The Labute approximate surface area is 106 Å². The zero-order chi connectivity index (χ0) is 13.1. The van der Waals surface area contributed by atoms with E-state index in [1.807, 2.05) is 6.26 Å². The van der Waals surface area contributed by atoms with Crippen LogP contribution in [0.1, 0.15) is 26.2 Å².